The molecule has 0 aliphatic rings. The second-order valence-corrected chi connectivity index (χ2v) is 8.68. The van der Waals surface area contributed by atoms with Crippen LogP contribution in [0.3, 0.4) is 0 Å². The van der Waals surface area contributed by atoms with Gasteiger partial charge in [0.05, 0.1) is 6.54 Å². The topological polar surface area (TPSA) is 134 Å². The third-order valence-corrected chi connectivity index (χ3v) is 4.34. The molecule has 0 saturated heterocycles. The van der Waals surface area contributed by atoms with Gasteiger partial charge in [-0.2, -0.15) is 0 Å². The number of amides is 4. The molecule has 2 atom stereocenters. The first kappa shape index (κ1) is 27.6. The monoisotopic (exact) mass is 462 g/mol. The number of hydrogen-bond acceptors (Lipinski definition) is 6. The van der Waals surface area contributed by atoms with Crippen LogP contribution in [-0.2, 0) is 23.9 Å². The molecule has 10 nitrogen and oxygen atoms in total. The maximum absolute atomic E-state index is 12.5. The molecule has 0 fully saturated rings. The van der Waals surface area contributed by atoms with E-state index in [9.17, 15) is 24.0 Å². The number of benzene rings is 1. The normalized spacial score (nSPS) is 12.7. The minimum atomic E-state index is -1.08. The van der Waals surface area contributed by atoms with Crippen LogP contribution >= 0.6 is 0 Å². The highest BCUT2D eigenvalue weighted by atomic mass is 16.6. The number of carbonyl (C=O) groups is 5. The van der Waals surface area contributed by atoms with Crippen molar-refractivity contribution < 1.29 is 28.7 Å². The molecule has 0 saturated carbocycles. The summed E-state index contributed by atoms with van der Waals surface area (Å²) in [4.78, 5) is 63.1. The van der Waals surface area contributed by atoms with Gasteiger partial charge >= 0.3 is 6.09 Å². The lowest BCUT2D eigenvalue weighted by atomic mass is 10.1. The number of rotatable bonds is 10. The maximum atomic E-state index is 12.5. The van der Waals surface area contributed by atoms with Gasteiger partial charge in [-0.05, 0) is 32.8 Å². The molecule has 10 heteroatoms. The fourth-order valence-electron chi connectivity index (χ4n) is 2.82. The van der Waals surface area contributed by atoms with Gasteiger partial charge in [0.15, 0.2) is 0 Å². The second-order valence-electron chi connectivity index (χ2n) is 8.68. The number of ketones is 1. The molecule has 0 aliphatic heterocycles. The average Bonchev–Trinajstić information content (AvgIpc) is 2.73. The summed E-state index contributed by atoms with van der Waals surface area (Å²) in [7, 11) is 3.13. The summed E-state index contributed by atoms with van der Waals surface area (Å²) in [6.07, 6.45) is -0.0519. The molecule has 1 aromatic rings. The van der Waals surface area contributed by atoms with Crippen molar-refractivity contribution in [3.63, 3.8) is 0 Å². The van der Waals surface area contributed by atoms with Gasteiger partial charge in [-0.3, -0.25) is 19.2 Å². The van der Waals surface area contributed by atoms with E-state index in [1.165, 1.54) is 4.90 Å². The van der Waals surface area contributed by atoms with Crippen LogP contribution in [0.2, 0.25) is 0 Å². The van der Waals surface area contributed by atoms with Crippen molar-refractivity contribution in [1.82, 2.24) is 20.9 Å². The highest BCUT2D eigenvalue weighted by Gasteiger charge is 2.29. The lowest BCUT2D eigenvalue weighted by Crippen LogP contribution is -2.50. The highest BCUT2D eigenvalue weighted by Crippen LogP contribution is 2.14. The SMILES string of the molecule is CCCC(NC(=O)OC(C)(C)C)C(=O)C(=O)NCC(=O)NC(C(=O)N(C)C)c1ccccc1. The Morgan fingerprint density at radius 2 is 1.61 bits per heavy atom. The molecular weight excluding hydrogens is 428 g/mol. The van der Waals surface area contributed by atoms with Crippen molar-refractivity contribution in [1.29, 1.82) is 0 Å². The Balaban J connectivity index is 2.75. The minimum Gasteiger partial charge on any atom is -0.444 e. The number of hydrogen-bond donors (Lipinski definition) is 3. The zero-order chi connectivity index (χ0) is 25.2. The smallest absolute Gasteiger partial charge is 0.408 e. The lowest BCUT2D eigenvalue weighted by molar-refractivity contribution is -0.140. The second kappa shape index (κ2) is 12.6. The zero-order valence-corrected chi connectivity index (χ0v) is 20.1. The van der Waals surface area contributed by atoms with Crippen LogP contribution in [0, 0.1) is 0 Å². The van der Waals surface area contributed by atoms with Crippen molar-refractivity contribution in [3.8, 4) is 0 Å². The van der Waals surface area contributed by atoms with Gasteiger partial charge < -0.3 is 25.6 Å². The van der Waals surface area contributed by atoms with Crippen molar-refractivity contribution in [3.05, 3.63) is 35.9 Å². The Morgan fingerprint density at radius 1 is 1.00 bits per heavy atom. The Kier molecular flexibility index (Phi) is 10.5. The molecule has 3 N–H and O–H groups in total. The molecule has 0 spiro atoms. The van der Waals surface area contributed by atoms with Crippen molar-refractivity contribution in [2.45, 2.75) is 58.2 Å². The highest BCUT2D eigenvalue weighted by molar-refractivity contribution is 6.38. The third kappa shape index (κ3) is 9.71. The Bertz CT molecular complexity index is 848. The maximum Gasteiger partial charge on any atom is 0.408 e. The minimum absolute atomic E-state index is 0.227. The van der Waals surface area contributed by atoms with E-state index in [1.807, 2.05) is 0 Å². The van der Waals surface area contributed by atoms with E-state index in [0.717, 1.165) is 0 Å². The molecule has 2 unspecified atom stereocenters. The summed E-state index contributed by atoms with van der Waals surface area (Å²) < 4.78 is 5.14. The molecule has 0 aliphatic carbocycles. The van der Waals surface area contributed by atoms with Gasteiger partial charge in [-0.1, -0.05) is 43.7 Å². The van der Waals surface area contributed by atoms with Gasteiger partial charge in [-0.25, -0.2) is 4.79 Å². The van der Waals surface area contributed by atoms with E-state index >= 15 is 0 Å². The number of likely N-dealkylation sites (N-methyl/N-ethyl adjacent to an activating group) is 1. The van der Waals surface area contributed by atoms with Crippen molar-refractivity contribution in [2.24, 2.45) is 0 Å². The number of nitrogens with zero attached hydrogens (tertiary/aromatic N) is 1. The molecular formula is C23H34N4O6. The average molecular weight is 463 g/mol. The first-order chi connectivity index (χ1) is 15.4. The molecule has 0 heterocycles. The number of Topliss-reactive ketones (excluding diaryl/α,β-unsaturated/α-hetero) is 1. The van der Waals surface area contributed by atoms with E-state index in [4.69, 9.17) is 4.74 Å². The summed E-state index contributed by atoms with van der Waals surface area (Å²) in [5, 5.41) is 7.23. The van der Waals surface area contributed by atoms with Gasteiger partial charge in [-0.15, -0.1) is 0 Å². The van der Waals surface area contributed by atoms with Crippen molar-refractivity contribution >= 4 is 29.6 Å². The number of ether oxygens (including phenoxy) is 1. The van der Waals surface area contributed by atoms with E-state index in [0.29, 0.717) is 12.0 Å². The Labute approximate surface area is 194 Å². The van der Waals surface area contributed by atoms with Crippen LogP contribution in [0.15, 0.2) is 30.3 Å². The number of nitrogens with one attached hydrogen (secondary N) is 3. The molecule has 182 valence electrons. The largest absolute Gasteiger partial charge is 0.444 e. The summed E-state index contributed by atoms with van der Waals surface area (Å²) >= 11 is 0. The van der Waals surface area contributed by atoms with Gasteiger partial charge in [0, 0.05) is 14.1 Å². The van der Waals surface area contributed by atoms with Crippen molar-refractivity contribution in [2.75, 3.05) is 20.6 Å². The Morgan fingerprint density at radius 3 is 2.12 bits per heavy atom. The molecule has 0 bridgehead atoms. The molecule has 1 aromatic carbocycles. The van der Waals surface area contributed by atoms with Crippen LogP contribution in [-0.4, -0.2) is 66.8 Å². The van der Waals surface area contributed by atoms with Crippen LogP contribution in [0.1, 0.15) is 52.1 Å². The van der Waals surface area contributed by atoms with Crippen LogP contribution in [0.25, 0.3) is 0 Å². The molecule has 0 radical (unpaired) electrons. The van der Waals surface area contributed by atoms with Crippen LogP contribution < -0.4 is 16.0 Å². The quantitative estimate of drug-likeness (QED) is 0.449. The lowest BCUT2D eigenvalue weighted by Gasteiger charge is -2.23. The Hall–Kier alpha value is -3.43. The molecule has 1 rings (SSSR count). The van der Waals surface area contributed by atoms with Gasteiger partial charge in [0.25, 0.3) is 5.91 Å². The molecule has 0 aromatic heterocycles. The fourth-order valence-corrected chi connectivity index (χ4v) is 2.82. The summed E-state index contributed by atoms with van der Waals surface area (Å²) in [5.74, 6) is -2.90. The number of carbonyl (C=O) groups excluding carboxylic acids is 5. The standard InChI is InChI=1S/C23H34N4O6/c1-7-11-16(25-22(32)33-23(2,3)4)19(29)20(30)24-14-17(28)26-18(21(31)27(5)6)15-12-9-8-10-13-15/h8-10,12-13,16,18H,7,11,14H2,1-6H3,(H,24,30)(H,25,32)(H,26,28). The van der Waals surface area contributed by atoms with Gasteiger partial charge in [0.1, 0.15) is 17.7 Å². The first-order valence-corrected chi connectivity index (χ1v) is 10.7. The van der Waals surface area contributed by atoms with Gasteiger partial charge in [0.2, 0.25) is 17.6 Å². The predicted molar refractivity (Wildman–Crippen MR) is 122 cm³/mol. The van der Waals surface area contributed by atoms with E-state index in [-0.39, 0.29) is 12.3 Å². The summed E-state index contributed by atoms with van der Waals surface area (Å²) in [5.41, 5.74) is -0.180. The fraction of sp³-hybridized carbons (Fsp3) is 0.522. The first-order valence-electron chi connectivity index (χ1n) is 10.7. The van der Waals surface area contributed by atoms with E-state index in [1.54, 1.807) is 72.1 Å². The van der Waals surface area contributed by atoms with Crippen LogP contribution in [0.5, 0.6) is 0 Å². The molecule has 4 amide bonds. The summed E-state index contributed by atoms with van der Waals surface area (Å²) in [6.45, 7) is 6.32. The van der Waals surface area contributed by atoms with E-state index < -0.39 is 47.9 Å². The van der Waals surface area contributed by atoms with E-state index in [2.05, 4.69) is 16.0 Å². The predicted octanol–water partition coefficient (Wildman–Crippen LogP) is 1.31. The summed E-state index contributed by atoms with van der Waals surface area (Å²) in [6, 6.07) is 6.64. The van der Waals surface area contributed by atoms with Crippen LogP contribution in [0.4, 0.5) is 4.79 Å². The molecule has 33 heavy (non-hydrogen) atoms. The third-order valence-electron chi connectivity index (χ3n) is 4.34. The zero-order valence-electron chi connectivity index (χ0n) is 20.1. The number of alkyl carbamates (subject to hydrolysis) is 1.